The molecule has 4 atom stereocenters. The van der Waals surface area contributed by atoms with Crippen LogP contribution in [0.5, 0.6) is 0 Å². The molecule has 46 heavy (non-hydrogen) atoms. The van der Waals surface area contributed by atoms with Gasteiger partial charge in [-0.05, 0) is 50.0 Å². The van der Waals surface area contributed by atoms with Gasteiger partial charge >= 0.3 is 6.03 Å². The first-order chi connectivity index (χ1) is 22.0. The molecule has 1 spiro atoms. The molecule has 13 heteroatoms. The van der Waals surface area contributed by atoms with Gasteiger partial charge in [-0.1, -0.05) is 40.5 Å². The summed E-state index contributed by atoms with van der Waals surface area (Å²) in [5.74, 6) is -0.428. The van der Waals surface area contributed by atoms with Crippen LogP contribution in [0.2, 0.25) is 0 Å². The number of hydrogen-bond donors (Lipinski definition) is 2. The predicted octanol–water partition coefficient (Wildman–Crippen LogP) is 1.78. The normalized spacial score (nSPS) is 25.3. The van der Waals surface area contributed by atoms with Crippen LogP contribution in [0.4, 0.5) is 10.7 Å². The number of amides is 6. The van der Waals surface area contributed by atoms with Gasteiger partial charge < -0.3 is 25.3 Å². The lowest BCUT2D eigenvalue weighted by Crippen LogP contribution is -2.61. The molecule has 3 aliphatic heterocycles. The molecule has 1 aromatic heterocycles. The van der Waals surface area contributed by atoms with Crippen LogP contribution in [-0.4, -0.2) is 111 Å². The fourth-order valence-corrected chi connectivity index (χ4v) is 8.09. The van der Waals surface area contributed by atoms with Gasteiger partial charge in [-0.25, -0.2) is 14.8 Å². The molecular formula is C33H48N8O5. The average molecular weight is 637 g/mol. The summed E-state index contributed by atoms with van der Waals surface area (Å²) in [5.41, 5.74) is -0.725. The van der Waals surface area contributed by atoms with Crippen LogP contribution in [-0.2, 0) is 19.2 Å². The SMILES string of the molecule is CC(C)[C@H](NC(=O)N[C@H](C(=O)N1CC[C@H]2[C@H]1C1(CCCC1)C(=O)N2C(=O)C1CC1)C(C)C)C(=O)N1CCN(c2ncccn2)CC1. The Balaban J connectivity index is 1.12. The van der Waals surface area contributed by atoms with E-state index in [1.165, 1.54) is 4.90 Å². The summed E-state index contributed by atoms with van der Waals surface area (Å²) in [6, 6.07) is -1.10. The minimum absolute atomic E-state index is 0.0713. The second-order valence-corrected chi connectivity index (χ2v) is 14.4. The van der Waals surface area contributed by atoms with E-state index in [4.69, 9.17) is 0 Å². The van der Waals surface area contributed by atoms with Crippen LogP contribution in [0.1, 0.15) is 72.6 Å². The summed E-state index contributed by atoms with van der Waals surface area (Å²) in [7, 11) is 0. The third-order valence-corrected chi connectivity index (χ3v) is 10.7. The number of carbonyl (C=O) groups excluding carboxylic acids is 5. The zero-order valence-electron chi connectivity index (χ0n) is 27.5. The molecular weight excluding hydrogens is 588 g/mol. The Morgan fingerprint density at radius 3 is 1.98 bits per heavy atom. The van der Waals surface area contributed by atoms with Crippen LogP contribution >= 0.6 is 0 Å². The fraction of sp³-hybridized carbons (Fsp3) is 0.727. The minimum Gasteiger partial charge on any atom is -0.337 e. The maximum absolute atomic E-state index is 14.3. The number of nitrogens with one attached hydrogen (secondary N) is 2. The van der Waals surface area contributed by atoms with E-state index in [0.29, 0.717) is 57.9 Å². The van der Waals surface area contributed by atoms with Gasteiger partial charge in [0.25, 0.3) is 0 Å². The number of nitrogens with zero attached hydrogens (tertiary/aromatic N) is 6. The zero-order valence-corrected chi connectivity index (χ0v) is 27.5. The number of anilines is 1. The molecule has 4 heterocycles. The molecule has 2 saturated carbocycles. The molecule has 5 fully saturated rings. The van der Waals surface area contributed by atoms with Gasteiger partial charge in [-0.3, -0.25) is 24.1 Å². The Hall–Kier alpha value is -3.77. The number of fused-ring (bicyclic) bond motifs is 2. The molecule has 6 rings (SSSR count). The van der Waals surface area contributed by atoms with Gasteiger partial charge in [0.05, 0.1) is 17.5 Å². The smallest absolute Gasteiger partial charge is 0.316 e. The second kappa shape index (κ2) is 12.8. The van der Waals surface area contributed by atoms with Crippen molar-refractivity contribution in [2.45, 2.75) is 96.8 Å². The monoisotopic (exact) mass is 636 g/mol. The summed E-state index contributed by atoms with van der Waals surface area (Å²) < 4.78 is 0. The summed E-state index contributed by atoms with van der Waals surface area (Å²) in [6.45, 7) is 10.1. The van der Waals surface area contributed by atoms with Crippen LogP contribution < -0.4 is 15.5 Å². The van der Waals surface area contributed by atoms with E-state index >= 15 is 0 Å². The Morgan fingerprint density at radius 1 is 0.826 bits per heavy atom. The number of urea groups is 1. The molecule has 13 nitrogen and oxygen atoms in total. The molecule has 0 bridgehead atoms. The van der Waals surface area contributed by atoms with Gasteiger partial charge in [0, 0.05) is 51.0 Å². The zero-order chi connectivity index (χ0) is 32.7. The molecule has 6 amide bonds. The quantitative estimate of drug-likeness (QED) is 0.411. The number of piperazine rings is 1. The van der Waals surface area contributed by atoms with Gasteiger partial charge in [0.15, 0.2) is 0 Å². The highest BCUT2D eigenvalue weighted by atomic mass is 16.2. The van der Waals surface area contributed by atoms with E-state index in [2.05, 4.69) is 20.6 Å². The van der Waals surface area contributed by atoms with E-state index in [9.17, 15) is 24.0 Å². The maximum atomic E-state index is 14.3. The largest absolute Gasteiger partial charge is 0.337 e. The van der Waals surface area contributed by atoms with Crippen molar-refractivity contribution in [3.63, 3.8) is 0 Å². The number of imide groups is 1. The molecule has 5 aliphatic rings. The summed E-state index contributed by atoms with van der Waals surface area (Å²) >= 11 is 0. The Morgan fingerprint density at radius 2 is 1.41 bits per heavy atom. The van der Waals surface area contributed by atoms with Crippen molar-refractivity contribution in [1.82, 2.24) is 35.3 Å². The van der Waals surface area contributed by atoms with Crippen molar-refractivity contribution in [1.29, 1.82) is 0 Å². The highest BCUT2D eigenvalue weighted by Crippen LogP contribution is 2.54. The van der Waals surface area contributed by atoms with E-state index in [-0.39, 0.29) is 53.5 Å². The van der Waals surface area contributed by atoms with Crippen molar-refractivity contribution in [2.24, 2.45) is 23.2 Å². The molecule has 3 saturated heterocycles. The van der Waals surface area contributed by atoms with Crippen LogP contribution in [0.15, 0.2) is 18.5 Å². The van der Waals surface area contributed by atoms with E-state index < -0.39 is 23.5 Å². The maximum Gasteiger partial charge on any atom is 0.316 e. The minimum atomic E-state index is -0.849. The Labute approximate surface area is 270 Å². The number of hydrogen-bond acceptors (Lipinski definition) is 8. The van der Waals surface area contributed by atoms with Crippen molar-refractivity contribution in [3.8, 4) is 0 Å². The number of aromatic nitrogens is 2. The number of likely N-dealkylation sites (tertiary alicyclic amines) is 2. The van der Waals surface area contributed by atoms with E-state index in [0.717, 1.165) is 25.7 Å². The van der Waals surface area contributed by atoms with Crippen molar-refractivity contribution in [3.05, 3.63) is 18.5 Å². The highest BCUT2D eigenvalue weighted by Gasteiger charge is 2.66. The first-order valence-corrected chi connectivity index (χ1v) is 17.1. The third kappa shape index (κ3) is 5.81. The van der Waals surface area contributed by atoms with Crippen molar-refractivity contribution < 1.29 is 24.0 Å². The lowest BCUT2D eigenvalue weighted by molar-refractivity contribution is -0.149. The molecule has 0 unspecified atom stereocenters. The van der Waals surface area contributed by atoms with Gasteiger partial charge in [0.1, 0.15) is 12.1 Å². The molecule has 0 radical (unpaired) electrons. The Kier molecular flexibility index (Phi) is 8.95. The number of carbonyl (C=O) groups is 5. The second-order valence-electron chi connectivity index (χ2n) is 14.4. The van der Waals surface area contributed by atoms with Gasteiger partial charge in [-0.15, -0.1) is 0 Å². The average Bonchev–Trinajstić information content (AvgIpc) is 3.54. The van der Waals surface area contributed by atoms with E-state index in [1.54, 1.807) is 28.3 Å². The lowest BCUT2D eigenvalue weighted by Gasteiger charge is -2.38. The first-order valence-electron chi connectivity index (χ1n) is 17.1. The van der Waals surface area contributed by atoms with Crippen LogP contribution in [0, 0.1) is 23.2 Å². The Bertz CT molecular complexity index is 1340. The molecule has 2 aliphatic carbocycles. The predicted molar refractivity (Wildman–Crippen MR) is 169 cm³/mol. The lowest BCUT2D eigenvalue weighted by atomic mass is 9.78. The summed E-state index contributed by atoms with van der Waals surface area (Å²) in [5, 5.41) is 5.77. The highest BCUT2D eigenvalue weighted by molar-refractivity contribution is 6.03. The van der Waals surface area contributed by atoms with Crippen molar-refractivity contribution >= 4 is 35.6 Å². The fourth-order valence-electron chi connectivity index (χ4n) is 8.09. The van der Waals surface area contributed by atoms with Crippen LogP contribution in [0.25, 0.3) is 0 Å². The molecule has 1 aromatic rings. The standard InChI is InChI=1S/C33H48N8O5/c1-20(2)24(28(43)38-16-18-39(19-17-38)31-34-13-7-14-35-31)36-32(46)37-25(21(3)4)29(44)40-15-10-23-26(40)33(11-5-6-12-33)30(45)41(23)27(42)22-8-9-22/h7,13-14,20-26H,5-6,8-12,15-19H2,1-4H3,(H2,36,37,46)/t23-,24-,25-,26-/m0/s1. The van der Waals surface area contributed by atoms with Crippen LogP contribution in [0.3, 0.4) is 0 Å². The summed E-state index contributed by atoms with van der Waals surface area (Å²) in [6.07, 6.45) is 8.75. The first kappa shape index (κ1) is 32.2. The molecule has 2 N–H and O–H groups in total. The summed E-state index contributed by atoms with van der Waals surface area (Å²) in [4.78, 5) is 84.2. The van der Waals surface area contributed by atoms with Crippen molar-refractivity contribution in [2.75, 3.05) is 37.6 Å². The topological polar surface area (TPSA) is 148 Å². The third-order valence-electron chi connectivity index (χ3n) is 10.7. The molecule has 250 valence electrons. The molecule has 0 aromatic carbocycles. The van der Waals surface area contributed by atoms with E-state index in [1.807, 2.05) is 32.6 Å². The van der Waals surface area contributed by atoms with Gasteiger partial charge in [-0.2, -0.15) is 0 Å². The van der Waals surface area contributed by atoms with Gasteiger partial charge in [0.2, 0.25) is 29.6 Å². The number of rotatable bonds is 8.